The van der Waals surface area contributed by atoms with Gasteiger partial charge >= 0.3 is 0 Å². The molecule has 5 nitrogen and oxygen atoms in total. The van der Waals surface area contributed by atoms with Crippen LogP contribution in [0.25, 0.3) is 22.1 Å². The first-order valence-corrected chi connectivity index (χ1v) is 8.37. The Morgan fingerprint density at radius 2 is 1.81 bits per heavy atom. The standard InChI is InChI=1S/C21H17N3O2/c1-14(18-8-4-5-11-22-18)24-21(25)19-20(26-13-23-19)17-10-9-15-6-2-3-7-16(15)12-17/h2-14H,1H3,(H,24,25)/t14-/m1/s1. The van der Waals surface area contributed by atoms with Crippen molar-refractivity contribution in [3.63, 3.8) is 0 Å². The molecule has 0 saturated carbocycles. The number of oxazole rings is 1. The van der Waals surface area contributed by atoms with Crippen LogP contribution in [-0.2, 0) is 0 Å². The molecular weight excluding hydrogens is 326 g/mol. The molecule has 0 spiro atoms. The number of fused-ring (bicyclic) bond motifs is 1. The molecule has 0 aliphatic heterocycles. The predicted octanol–water partition coefficient (Wildman–Crippen LogP) is 4.38. The maximum absolute atomic E-state index is 12.7. The molecular formula is C21H17N3O2. The number of rotatable bonds is 4. The molecule has 2 aromatic carbocycles. The topological polar surface area (TPSA) is 68.0 Å². The van der Waals surface area contributed by atoms with Crippen LogP contribution in [0.1, 0.15) is 29.1 Å². The molecule has 2 heterocycles. The monoisotopic (exact) mass is 343 g/mol. The predicted molar refractivity (Wildman–Crippen MR) is 99.6 cm³/mol. The minimum absolute atomic E-state index is 0.232. The minimum Gasteiger partial charge on any atom is -0.443 e. The molecule has 2 aromatic heterocycles. The fourth-order valence-corrected chi connectivity index (χ4v) is 2.91. The second-order valence-electron chi connectivity index (χ2n) is 6.04. The van der Waals surface area contributed by atoms with E-state index in [0.717, 1.165) is 22.0 Å². The zero-order valence-electron chi connectivity index (χ0n) is 14.2. The van der Waals surface area contributed by atoms with Gasteiger partial charge in [-0.3, -0.25) is 9.78 Å². The van der Waals surface area contributed by atoms with E-state index in [1.165, 1.54) is 6.39 Å². The fourth-order valence-electron chi connectivity index (χ4n) is 2.91. The van der Waals surface area contributed by atoms with Crippen LogP contribution < -0.4 is 5.32 Å². The van der Waals surface area contributed by atoms with Gasteiger partial charge in [0.15, 0.2) is 17.8 Å². The molecule has 0 fully saturated rings. The van der Waals surface area contributed by atoms with Gasteiger partial charge in [0, 0.05) is 11.8 Å². The molecule has 128 valence electrons. The van der Waals surface area contributed by atoms with Crippen molar-refractivity contribution in [3.05, 3.63) is 84.6 Å². The minimum atomic E-state index is -0.292. The molecule has 0 unspecified atom stereocenters. The van der Waals surface area contributed by atoms with Crippen molar-refractivity contribution in [1.82, 2.24) is 15.3 Å². The largest absolute Gasteiger partial charge is 0.443 e. The first kappa shape index (κ1) is 16.0. The van der Waals surface area contributed by atoms with Gasteiger partial charge in [0.25, 0.3) is 5.91 Å². The van der Waals surface area contributed by atoms with E-state index in [4.69, 9.17) is 4.42 Å². The Labute approximate surface area is 150 Å². The summed E-state index contributed by atoms with van der Waals surface area (Å²) < 4.78 is 5.52. The van der Waals surface area contributed by atoms with Gasteiger partial charge < -0.3 is 9.73 Å². The summed E-state index contributed by atoms with van der Waals surface area (Å²) in [6, 6.07) is 19.3. The summed E-state index contributed by atoms with van der Waals surface area (Å²) in [4.78, 5) is 21.1. The van der Waals surface area contributed by atoms with Crippen molar-refractivity contribution < 1.29 is 9.21 Å². The van der Waals surface area contributed by atoms with E-state index in [1.807, 2.05) is 67.6 Å². The van der Waals surface area contributed by atoms with Crippen LogP contribution in [0.2, 0.25) is 0 Å². The quantitative estimate of drug-likeness (QED) is 0.597. The summed E-state index contributed by atoms with van der Waals surface area (Å²) in [6.45, 7) is 1.88. The van der Waals surface area contributed by atoms with E-state index >= 15 is 0 Å². The number of benzene rings is 2. The highest BCUT2D eigenvalue weighted by Gasteiger charge is 2.20. The first-order valence-electron chi connectivity index (χ1n) is 8.37. The Kier molecular flexibility index (Phi) is 4.19. The Morgan fingerprint density at radius 1 is 1.00 bits per heavy atom. The molecule has 1 N–H and O–H groups in total. The molecule has 1 amide bonds. The van der Waals surface area contributed by atoms with Gasteiger partial charge in [-0.05, 0) is 35.9 Å². The fraction of sp³-hybridized carbons (Fsp3) is 0.0952. The summed E-state index contributed by atoms with van der Waals surface area (Å²) in [5.41, 5.74) is 1.87. The number of nitrogens with zero attached hydrogens (tertiary/aromatic N) is 2. The van der Waals surface area contributed by atoms with Crippen molar-refractivity contribution in [2.75, 3.05) is 0 Å². The second-order valence-corrected chi connectivity index (χ2v) is 6.04. The van der Waals surface area contributed by atoms with E-state index < -0.39 is 0 Å². The first-order chi connectivity index (χ1) is 12.7. The van der Waals surface area contributed by atoms with Gasteiger partial charge in [0.1, 0.15) is 0 Å². The highest BCUT2D eigenvalue weighted by Crippen LogP contribution is 2.27. The average Bonchev–Trinajstić information content (AvgIpc) is 3.18. The number of hydrogen-bond donors (Lipinski definition) is 1. The highest BCUT2D eigenvalue weighted by molar-refractivity contribution is 5.98. The van der Waals surface area contributed by atoms with E-state index in [0.29, 0.717) is 5.76 Å². The molecule has 0 aliphatic rings. The van der Waals surface area contributed by atoms with Crippen LogP contribution >= 0.6 is 0 Å². The number of amides is 1. The summed E-state index contributed by atoms with van der Waals surface area (Å²) in [6.07, 6.45) is 3.00. The molecule has 0 radical (unpaired) electrons. The molecule has 0 saturated heterocycles. The Morgan fingerprint density at radius 3 is 2.62 bits per heavy atom. The van der Waals surface area contributed by atoms with Crippen molar-refractivity contribution in [1.29, 1.82) is 0 Å². The third-order valence-electron chi connectivity index (χ3n) is 4.27. The third kappa shape index (κ3) is 3.07. The smallest absolute Gasteiger partial charge is 0.274 e. The summed E-state index contributed by atoms with van der Waals surface area (Å²) in [5.74, 6) is 0.168. The maximum atomic E-state index is 12.7. The van der Waals surface area contributed by atoms with Crippen molar-refractivity contribution >= 4 is 16.7 Å². The van der Waals surface area contributed by atoms with Crippen LogP contribution in [0.15, 0.2) is 77.7 Å². The van der Waals surface area contributed by atoms with E-state index in [9.17, 15) is 4.79 Å². The Hall–Kier alpha value is -3.47. The van der Waals surface area contributed by atoms with Crippen LogP contribution in [-0.4, -0.2) is 15.9 Å². The lowest BCUT2D eigenvalue weighted by Crippen LogP contribution is -2.27. The maximum Gasteiger partial charge on any atom is 0.274 e. The highest BCUT2D eigenvalue weighted by atomic mass is 16.3. The number of aromatic nitrogens is 2. The number of nitrogens with one attached hydrogen (secondary N) is 1. The van der Waals surface area contributed by atoms with Crippen molar-refractivity contribution in [2.24, 2.45) is 0 Å². The van der Waals surface area contributed by atoms with Crippen LogP contribution in [0.5, 0.6) is 0 Å². The summed E-state index contributed by atoms with van der Waals surface area (Å²) >= 11 is 0. The molecule has 0 aliphatic carbocycles. The number of carbonyl (C=O) groups excluding carboxylic acids is 1. The Balaban J connectivity index is 1.62. The lowest BCUT2D eigenvalue weighted by atomic mass is 10.0. The van der Waals surface area contributed by atoms with Gasteiger partial charge in [-0.1, -0.05) is 42.5 Å². The third-order valence-corrected chi connectivity index (χ3v) is 4.27. The normalized spacial score (nSPS) is 12.0. The SMILES string of the molecule is C[C@@H](NC(=O)c1ncoc1-c1ccc2ccccc2c1)c1ccccn1. The molecule has 5 heteroatoms. The zero-order valence-corrected chi connectivity index (χ0v) is 14.2. The van der Waals surface area contributed by atoms with Gasteiger partial charge in [-0.25, -0.2) is 4.98 Å². The lowest BCUT2D eigenvalue weighted by molar-refractivity contribution is 0.0935. The van der Waals surface area contributed by atoms with Crippen LogP contribution in [0, 0.1) is 0 Å². The van der Waals surface area contributed by atoms with Gasteiger partial charge in [0.05, 0.1) is 11.7 Å². The van der Waals surface area contributed by atoms with E-state index in [1.54, 1.807) is 6.20 Å². The zero-order chi connectivity index (χ0) is 17.9. The van der Waals surface area contributed by atoms with E-state index in [2.05, 4.69) is 15.3 Å². The summed E-state index contributed by atoms with van der Waals surface area (Å²) in [5, 5.41) is 5.13. The second kappa shape index (κ2) is 6.80. The number of hydrogen-bond acceptors (Lipinski definition) is 4. The average molecular weight is 343 g/mol. The molecule has 0 bridgehead atoms. The lowest BCUT2D eigenvalue weighted by Gasteiger charge is -2.12. The Bertz CT molecular complexity index is 1060. The molecule has 1 atom stereocenters. The molecule has 4 rings (SSSR count). The van der Waals surface area contributed by atoms with Gasteiger partial charge in [-0.2, -0.15) is 0 Å². The van der Waals surface area contributed by atoms with Gasteiger partial charge in [-0.15, -0.1) is 0 Å². The number of carbonyl (C=O) groups is 1. The van der Waals surface area contributed by atoms with E-state index in [-0.39, 0.29) is 17.6 Å². The molecule has 4 aromatic rings. The summed E-state index contributed by atoms with van der Waals surface area (Å²) in [7, 11) is 0. The number of pyridine rings is 1. The van der Waals surface area contributed by atoms with Crippen LogP contribution in [0.4, 0.5) is 0 Å². The molecule has 26 heavy (non-hydrogen) atoms. The van der Waals surface area contributed by atoms with Crippen molar-refractivity contribution in [3.8, 4) is 11.3 Å². The van der Waals surface area contributed by atoms with Crippen molar-refractivity contribution in [2.45, 2.75) is 13.0 Å². The van der Waals surface area contributed by atoms with Gasteiger partial charge in [0.2, 0.25) is 0 Å². The van der Waals surface area contributed by atoms with Crippen LogP contribution in [0.3, 0.4) is 0 Å².